The molecule has 0 radical (unpaired) electrons. The van der Waals surface area contributed by atoms with Crippen LogP contribution in [0.3, 0.4) is 0 Å². The SMILES string of the molecule is CC1=C[C@@H](C2=C(C)[C@@H]3/C=C(\C)[C@@H](O)CC[C@@H]4C[C@@H](C)[C@@H](O4)/C(C)=C/CCC4=NCCC[C@@]43CC2)OC1=O. The Kier molecular flexibility index (Phi) is 7.66. The number of carbonyl (C=O) groups is 1. The number of rotatable bonds is 1. The fourth-order valence-electron chi connectivity index (χ4n) is 7.70. The first kappa shape index (κ1) is 26.6. The van der Waals surface area contributed by atoms with E-state index < -0.39 is 6.10 Å². The number of aliphatic hydroxyl groups is 1. The van der Waals surface area contributed by atoms with Gasteiger partial charge in [0.25, 0.3) is 0 Å². The molecule has 4 heterocycles. The van der Waals surface area contributed by atoms with Gasteiger partial charge in [0.1, 0.15) is 6.10 Å². The number of allylic oxidation sites excluding steroid dienone is 3. The Balaban J connectivity index is 1.55. The summed E-state index contributed by atoms with van der Waals surface area (Å²) < 4.78 is 12.2. The molecule has 0 aromatic carbocycles. The van der Waals surface area contributed by atoms with E-state index in [0.29, 0.717) is 17.9 Å². The normalized spacial score (nSPS) is 42.2. The molecule has 7 atom stereocenters. The summed E-state index contributed by atoms with van der Waals surface area (Å²) in [5, 5.41) is 11.2. The van der Waals surface area contributed by atoms with E-state index in [1.54, 1.807) is 0 Å². The van der Waals surface area contributed by atoms with E-state index in [1.807, 2.05) is 13.0 Å². The van der Waals surface area contributed by atoms with Crippen LogP contribution >= 0.6 is 0 Å². The molecule has 5 heteroatoms. The van der Waals surface area contributed by atoms with Crippen LogP contribution in [0.1, 0.15) is 92.4 Å². The van der Waals surface area contributed by atoms with Gasteiger partial charge in [0, 0.05) is 29.2 Å². The van der Waals surface area contributed by atoms with Crippen molar-refractivity contribution in [2.75, 3.05) is 6.54 Å². The zero-order valence-corrected chi connectivity index (χ0v) is 23.4. The van der Waals surface area contributed by atoms with Crippen LogP contribution in [-0.4, -0.2) is 47.7 Å². The number of esters is 1. The van der Waals surface area contributed by atoms with E-state index >= 15 is 0 Å². The highest BCUT2D eigenvalue weighted by atomic mass is 16.5. The number of nitrogens with zero attached hydrogens (tertiary/aromatic N) is 1. The highest BCUT2D eigenvalue weighted by molar-refractivity contribution is 5.93. The molecule has 5 nitrogen and oxygen atoms in total. The Hall–Kier alpha value is -1.98. The first-order chi connectivity index (χ1) is 17.7. The summed E-state index contributed by atoms with van der Waals surface area (Å²) in [5.41, 5.74) is 6.92. The molecule has 1 spiro atoms. The Bertz CT molecular complexity index is 1080. The molecule has 4 aliphatic heterocycles. The topological polar surface area (TPSA) is 68.1 Å². The van der Waals surface area contributed by atoms with Gasteiger partial charge in [0.05, 0.1) is 18.3 Å². The van der Waals surface area contributed by atoms with Crippen LogP contribution in [0.25, 0.3) is 0 Å². The lowest BCUT2D eigenvalue weighted by atomic mass is 9.57. The van der Waals surface area contributed by atoms with Gasteiger partial charge in [0.2, 0.25) is 0 Å². The van der Waals surface area contributed by atoms with Gasteiger partial charge in [-0.25, -0.2) is 4.79 Å². The Morgan fingerprint density at radius 3 is 2.62 bits per heavy atom. The zero-order chi connectivity index (χ0) is 26.3. The maximum atomic E-state index is 12.2. The fourth-order valence-corrected chi connectivity index (χ4v) is 7.70. The van der Waals surface area contributed by atoms with Gasteiger partial charge in [-0.2, -0.15) is 0 Å². The molecule has 1 N–H and O–H groups in total. The third-order valence-corrected chi connectivity index (χ3v) is 9.87. The van der Waals surface area contributed by atoms with Gasteiger partial charge in [-0.3, -0.25) is 4.99 Å². The molecule has 0 aromatic heterocycles. The predicted octanol–water partition coefficient (Wildman–Crippen LogP) is 6.43. The molecule has 0 aromatic rings. The van der Waals surface area contributed by atoms with Crippen molar-refractivity contribution in [2.45, 2.75) is 117 Å². The molecule has 1 saturated heterocycles. The lowest BCUT2D eigenvalue weighted by Crippen LogP contribution is -2.44. The third kappa shape index (κ3) is 5.06. The summed E-state index contributed by atoms with van der Waals surface area (Å²) in [4.78, 5) is 17.4. The average Bonchev–Trinajstić information content (AvgIpc) is 3.41. The number of hydrogen-bond acceptors (Lipinski definition) is 5. The van der Waals surface area contributed by atoms with Crippen LogP contribution in [0.15, 0.2) is 51.1 Å². The number of cyclic esters (lactones) is 1. The van der Waals surface area contributed by atoms with Crippen LogP contribution in [-0.2, 0) is 14.3 Å². The highest BCUT2D eigenvalue weighted by Crippen LogP contribution is 2.53. The zero-order valence-electron chi connectivity index (χ0n) is 23.4. The van der Waals surface area contributed by atoms with Crippen molar-refractivity contribution < 1.29 is 19.4 Å². The lowest BCUT2D eigenvalue weighted by Gasteiger charge is -2.48. The van der Waals surface area contributed by atoms with Crippen molar-refractivity contribution in [1.29, 1.82) is 0 Å². The fraction of sp³-hybridized carbons (Fsp3) is 0.688. The number of hydrogen-bond donors (Lipinski definition) is 1. The molecule has 1 fully saturated rings. The van der Waals surface area contributed by atoms with Crippen LogP contribution in [0, 0.1) is 17.3 Å². The Morgan fingerprint density at radius 2 is 1.86 bits per heavy atom. The number of carbonyl (C=O) groups excluding carboxylic acids is 1. The second kappa shape index (κ2) is 10.6. The van der Waals surface area contributed by atoms with E-state index in [-0.39, 0.29) is 35.6 Å². The number of aliphatic imine (C=N–C) groups is 1. The molecule has 0 unspecified atom stereocenters. The molecule has 5 aliphatic rings. The predicted molar refractivity (Wildman–Crippen MR) is 147 cm³/mol. The van der Waals surface area contributed by atoms with E-state index in [1.165, 1.54) is 22.4 Å². The van der Waals surface area contributed by atoms with Crippen molar-refractivity contribution in [3.8, 4) is 0 Å². The molecule has 2 bridgehead atoms. The van der Waals surface area contributed by atoms with Crippen LogP contribution in [0.5, 0.6) is 0 Å². The number of ether oxygens (including phenoxy) is 2. The van der Waals surface area contributed by atoms with Gasteiger partial charge >= 0.3 is 5.97 Å². The maximum Gasteiger partial charge on any atom is 0.334 e. The summed E-state index contributed by atoms with van der Waals surface area (Å²) in [7, 11) is 0. The van der Waals surface area contributed by atoms with Crippen LogP contribution in [0.4, 0.5) is 0 Å². The van der Waals surface area contributed by atoms with E-state index in [0.717, 1.165) is 63.5 Å². The van der Waals surface area contributed by atoms with Gasteiger partial charge < -0.3 is 14.6 Å². The number of aliphatic hydroxyl groups excluding tert-OH is 1. The lowest BCUT2D eigenvalue weighted by molar-refractivity contribution is -0.138. The summed E-state index contributed by atoms with van der Waals surface area (Å²) in [6.45, 7) is 11.6. The third-order valence-electron chi connectivity index (χ3n) is 9.87. The second-order valence-corrected chi connectivity index (χ2v) is 12.3. The van der Waals surface area contributed by atoms with E-state index in [4.69, 9.17) is 14.5 Å². The van der Waals surface area contributed by atoms with Gasteiger partial charge in [-0.1, -0.05) is 24.6 Å². The summed E-state index contributed by atoms with van der Waals surface area (Å²) in [6.07, 6.45) is 15.1. The first-order valence-corrected chi connectivity index (χ1v) is 14.5. The maximum absolute atomic E-state index is 12.2. The molecule has 37 heavy (non-hydrogen) atoms. The quantitative estimate of drug-likeness (QED) is 0.328. The molecule has 1 aliphatic carbocycles. The van der Waals surface area contributed by atoms with Crippen molar-refractivity contribution in [3.63, 3.8) is 0 Å². The minimum absolute atomic E-state index is 0.0289. The Morgan fingerprint density at radius 1 is 1.05 bits per heavy atom. The summed E-state index contributed by atoms with van der Waals surface area (Å²) >= 11 is 0. The van der Waals surface area contributed by atoms with Crippen LogP contribution < -0.4 is 0 Å². The smallest absolute Gasteiger partial charge is 0.334 e. The van der Waals surface area contributed by atoms with Gasteiger partial charge in [-0.15, -0.1) is 0 Å². The molecule has 0 saturated carbocycles. The van der Waals surface area contributed by atoms with Gasteiger partial charge in [0.15, 0.2) is 0 Å². The highest BCUT2D eigenvalue weighted by Gasteiger charge is 2.48. The minimum atomic E-state index is -0.481. The minimum Gasteiger partial charge on any atom is -0.450 e. The molecule has 0 amide bonds. The molecular formula is C32H45NO4. The summed E-state index contributed by atoms with van der Waals surface area (Å²) in [6, 6.07) is 0. The number of fused-ring (bicyclic) bond motifs is 2. The van der Waals surface area contributed by atoms with Crippen molar-refractivity contribution in [1.82, 2.24) is 0 Å². The first-order valence-electron chi connectivity index (χ1n) is 14.5. The second-order valence-electron chi connectivity index (χ2n) is 12.3. The molecule has 202 valence electrons. The van der Waals surface area contributed by atoms with E-state index in [9.17, 15) is 9.90 Å². The van der Waals surface area contributed by atoms with Crippen molar-refractivity contribution in [3.05, 3.63) is 46.1 Å². The molecular weight excluding hydrogens is 462 g/mol. The molecule has 5 rings (SSSR count). The van der Waals surface area contributed by atoms with Crippen LogP contribution in [0.2, 0.25) is 0 Å². The van der Waals surface area contributed by atoms with Gasteiger partial charge in [-0.05, 0) is 114 Å². The van der Waals surface area contributed by atoms with Crippen molar-refractivity contribution in [2.24, 2.45) is 22.2 Å². The standard InChI is InChI=1S/C32H45NO4/c1-19-8-6-9-29-32(13-7-15-33-29)14-12-25(28-18-22(4)31(35)37-28)23(5)26(32)17-20(2)27(34)11-10-24-16-21(3)30(19)36-24/h8,17-18,21,24,26-28,30,34H,6-7,9-16H2,1-5H3/b19-8+,20-17+/t21-,24-,26+,27+,28+,30+,32+/m1/s1. The van der Waals surface area contributed by atoms with E-state index in [2.05, 4.69) is 39.8 Å². The largest absolute Gasteiger partial charge is 0.450 e. The van der Waals surface area contributed by atoms with Crippen molar-refractivity contribution >= 4 is 11.7 Å². The summed E-state index contributed by atoms with van der Waals surface area (Å²) in [5.74, 6) is 0.459. The monoisotopic (exact) mass is 507 g/mol. The Labute approximate surface area is 222 Å². The average molecular weight is 508 g/mol.